The van der Waals surface area contributed by atoms with Crippen molar-refractivity contribution in [1.29, 1.82) is 5.26 Å². The standard InChI is InChI=1S/C8H7BrFN/c9-4-6-1-2-7(5-11)8(10)3-6/h1-3,7-8H,4H2. The fourth-order valence-electron chi connectivity index (χ4n) is 0.900. The molecule has 0 aromatic heterocycles. The van der Waals surface area contributed by atoms with Crippen molar-refractivity contribution in [3.8, 4) is 6.07 Å². The fraction of sp³-hybridized carbons (Fsp3) is 0.375. The Hall–Kier alpha value is -0.620. The van der Waals surface area contributed by atoms with Gasteiger partial charge in [0.25, 0.3) is 0 Å². The first-order valence-electron chi connectivity index (χ1n) is 3.26. The van der Waals surface area contributed by atoms with Crippen molar-refractivity contribution in [2.24, 2.45) is 5.92 Å². The van der Waals surface area contributed by atoms with Crippen LogP contribution < -0.4 is 0 Å². The zero-order valence-corrected chi connectivity index (χ0v) is 7.38. The molecule has 0 fully saturated rings. The van der Waals surface area contributed by atoms with Gasteiger partial charge in [-0.2, -0.15) is 5.26 Å². The van der Waals surface area contributed by atoms with Gasteiger partial charge in [0.15, 0.2) is 0 Å². The Bertz CT molecular complexity index is 239. The van der Waals surface area contributed by atoms with Crippen LogP contribution in [0.15, 0.2) is 23.8 Å². The predicted molar refractivity (Wildman–Crippen MR) is 45.0 cm³/mol. The molecule has 1 aliphatic carbocycles. The molecule has 0 saturated carbocycles. The molecular weight excluding hydrogens is 209 g/mol. The molecule has 1 rings (SSSR count). The van der Waals surface area contributed by atoms with Gasteiger partial charge >= 0.3 is 0 Å². The van der Waals surface area contributed by atoms with Crippen molar-refractivity contribution < 1.29 is 4.39 Å². The Balaban J connectivity index is 2.73. The number of allylic oxidation sites excluding steroid dienone is 4. The van der Waals surface area contributed by atoms with Gasteiger partial charge in [0, 0.05) is 5.33 Å². The van der Waals surface area contributed by atoms with E-state index in [0.29, 0.717) is 5.33 Å². The second kappa shape index (κ2) is 3.68. The van der Waals surface area contributed by atoms with E-state index in [9.17, 15) is 4.39 Å². The molecule has 0 aromatic carbocycles. The summed E-state index contributed by atoms with van der Waals surface area (Å²) in [5.41, 5.74) is 0.893. The minimum absolute atomic E-state index is 0.599. The summed E-state index contributed by atoms with van der Waals surface area (Å²) in [5, 5.41) is 9.08. The van der Waals surface area contributed by atoms with Gasteiger partial charge < -0.3 is 0 Å². The van der Waals surface area contributed by atoms with Crippen LogP contribution in [0.3, 0.4) is 0 Å². The summed E-state index contributed by atoms with van der Waals surface area (Å²) in [4.78, 5) is 0. The number of nitriles is 1. The zero-order valence-electron chi connectivity index (χ0n) is 5.80. The van der Waals surface area contributed by atoms with Crippen molar-refractivity contribution in [1.82, 2.24) is 0 Å². The van der Waals surface area contributed by atoms with Crippen molar-refractivity contribution in [3.05, 3.63) is 23.8 Å². The predicted octanol–water partition coefficient (Wildman–Crippen LogP) is 2.36. The first kappa shape index (κ1) is 8.48. The normalized spacial score (nSPS) is 29.4. The highest BCUT2D eigenvalue weighted by Crippen LogP contribution is 2.19. The molecule has 0 saturated heterocycles. The maximum absolute atomic E-state index is 12.9. The summed E-state index contributed by atoms with van der Waals surface area (Å²) in [5.74, 6) is -0.599. The van der Waals surface area contributed by atoms with Gasteiger partial charge in [-0.15, -0.1) is 0 Å². The summed E-state index contributed by atoms with van der Waals surface area (Å²) in [7, 11) is 0. The molecule has 0 heterocycles. The molecule has 0 bridgehead atoms. The van der Waals surface area contributed by atoms with Crippen molar-refractivity contribution in [2.75, 3.05) is 5.33 Å². The van der Waals surface area contributed by atoms with Gasteiger partial charge in [0.2, 0.25) is 0 Å². The highest BCUT2D eigenvalue weighted by Gasteiger charge is 2.18. The Morgan fingerprint density at radius 2 is 2.45 bits per heavy atom. The molecule has 2 atom stereocenters. The smallest absolute Gasteiger partial charge is 0.138 e. The van der Waals surface area contributed by atoms with Crippen LogP contribution in [0.2, 0.25) is 0 Å². The molecule has 0 radical (unpaired) electrons. The molecule has 0 N–H and O–H groups in total. The van der Waals surface area contributed by atoms with E-state index >= 15 is 0 Å². The topological polar surface area (TPSA) is 23.8 Å². The van der Waals surface area contributed by atoms with Crippen molar-refractivity contribution in [3.63, 3.8) is 0 Å². The second-order valence-electron chi connectivity index (χ2n) is 2.33. The third-order valence-electron chi connectivity index (χ3n) is 1.54. The summed E-state index contributed by atoms with van der Waals surface area (Å²) >= 11 is 3.21. The summed E-state index contributed by atoms with van der Waals surface area (Å²) in [6, 6.07) is 1.88. The Labute approximate surface area is 73.3 Å². The van der Waals surface area contributed by atoms with Gasteiger partial charge in [-0.05, 0) is 11.6 Å². The Kier molecular flexibility index (Phi) is 2.84. The van der Waals surface area contributed by atoms with E-state index in [1.807, 2.05) is 6.07 Å². The SMILES string of the molecule is N#CC1C=CC(CBr)=CC1F. The zero-order chi connectivity index (χ0) is 8.27. The number of rotatable bonds is 1. The molecule has 0 aromatic rings. The van der Waals surface area contributed by atoms with E-state index in [-0.39, 0.29) is 0 Å². The number of hydrogen-bond acceptors (Lipinski definition) is 1. The first-order valence-corrected chi connectivity index (χ1v) is 4.38. The van der Waals surface area contributed by atoms with Crippen molar-refractivity contribution >= 4 is 15.9 Å². The monoisotopic (exact) mass is 215 g/mol. The third kappa shape index (κ3) is 1.90. The second-order valence-corrected chi connectivity index (χ2v) is 2.89. The van der Waals surface area contributed by atoms with Gasteiger partial charge in [0.05, 0.1) is 12.0 Å². The third-order valence-corrected chi connectivity index (χ3v) is 2.18. The molecule has 3 heteroatoms. The van der Waals surface area contributed by atoms with E-state index in [1.165, 1.54) is 6.08 Å². The minimum Gasteiger partial charge on any atom is -0.241 e. The quantitative estimate of drug-likeness (QED) is 0.617. The van der Waals surface area contributed by atoms with E-state index in [4.69, 9.17) is 5.26 Å². The summed E-state index contributed by atoms with van der Waals surface area (Å²) < 4.78 is 12.9. The maximum Gasteiger partial charge on any atom is 0.138 e. The van der Waals surface area contributed by atoms with Crippen LogP contribution in [-0.4, -0.2) is 11.5 Å². The lowest BCUT2D eigenvalue weighted by Crippen LogP contribution is -2.13. The lowest BCUT2D eigenvalue weighted by molar-refractivity contribution is 0.357. The maximum atomic E-state index is 12.9. The molecule has 11 heavy (non-hydrogen) atoms. The lowest BCUT2D eigenvalue weighted by Gasteiger charge is -2.12. The minimum atomic E-state index is -1.14. The molecule has 58 valence electrons. The molecule has 0 spiro atoms. The lowest BCUT2D eigenvalue weighted by atomic mass is 9.97. The Morgan fingerprint density at radius 1 is 1.73 bits per heavy atom. The van der Waals surface area contributed by atoms with Crippen LogP contribution in [0.1, 0.15) is 0 Å². The van der Waals surface area contributed by atoms with Crippen LogP contribution in [0.4, 0.5) is 4.39 Å². The number of nitrogens with zero attached hydrogens (tertiary/aromatic N) is 1. The van der Waals surface area contributed by atoms with Crippen LogP contribution in [0, 0.1) is 17.2 Å². The molecule has 1 aliphatic rings. The van der Waals surface area contributed by atoms with Crippen LogP contribution in [0.5, 0.6) is 0 Å². The average molecular weight is 216 g/mol. The van der Waals surface area contributed by atoms with Gasteiger partial charge in [-0.25, -0.2) is 4.39 Å². The summed E-state index contributed by atoms with van der Waals surface area (Å²) in [6.07, 6.45) is 3.71. The molecular formula is C8H7BrFN. The van der Waals surface area contributed by atoms with Crippen molar-refractivity contribution in [2.45, 2.75) is 6.17 Å². The largest absolute Gasteiger partial charge is 0.241 e. The number of alkyl halides is 2. The van der Waals surface area contributed by atoms with Crippen LogP contribution >= 0.6 is 15.9 Å². The van der Waals surface area contributed by atoms with Crippen LogP contribution in [-0.2, 0) is 0 Å². The molecule has 1 nitrogen and oxygen atoms in total. The molecule has 0 aliphatic heterocycles. The Morgan fingerprint density at radius 3 is 2.91 bits per heavy atom. The molecule has 2 unspecified atom stereocenters. The van der Waals surface area contributed by atoms with E-state index < -0.39 is 12.1 Å². The van der Waals surface area contributed by atoms with E-state index in [0.717, 1.165) is 5.57 Å². The number of halogens is 2. The average Bonchev–Trinajstić information content (AvgIpc) is 2.04. The van der Waals surface area contributed by atoms with Gasteiger partial charge in [-0.3, -0.25) is 0 Å². The summed E-state index contributed by atoms with van der Waals surface area (Å²) in [6.45, 7) is 0. The van der Waals surface area contributed by atoms with Gasteiger partial charge in [0.1, 0.15) is 6.17 Å². The van der Waals surface area contributed by atoms with Crippen LogP contribution in [0.25, 0.3) is 0 Å². The van der Waals surface area contributed by atoms with Gasteiger partial charge in [-0.1, -0.05) is 28.1 Å². The van der Waals surface area contributed by atoms with E-state index in [2.05, 4.69) is 15.9 Å². The molecule has 0 amide bonds. The van der Waals surface area contributed by atoms with E-state index in [1.54, 1.807) is 12.2 Å². The highest BCUT2D eigenvalue weighted by atomic mass is 79.9. The highest BCUT2D eigenvalue weighted by molar-refractivity contribution is 9.09. The number of hydrogen-bond donors (Lipinski definition) is 0. The first-order chi connectivity index (χ1) is 5.27. The fourth-order valence-corrected chi connectivity index (χ4v) is 1.27.